The molecule has 0 radical (unpaired) electrons. The molecular weight excluding hydrogens is 304 g/mol. The molecule has 1 fully saturated rings. The highest BCUT2D eigenvalue weighted by Gasteiger charge is 2.12. The molecule has 1 aliphatic heterocycles. The first-order chi connectivity index (χ1) is 11.8. The molecule has 0 amide bonds. The van der Waals surface area contributed by atoms with Crippen molar-refractivity contribution in [2.45, 2.75) is 13.5 Å². The van der Waals surface area contributed by atoms with Gasteiger partial charge in [-0.1, -0.05) is 12.1 Å². The lowest BCUT2D eigenvalue weighted by atomic mass is 10.2. The van der Waals surface area contributed by atoms with Crippen LogP contribution in [0.3, 0.4) is 0 Å². The second-order valence-electron chi connectivity index (χ2n) is 5.98. The van der Waals surface area contributed by atoms with Crippen LogP contribution in [0, 0.1) is 6.92 Å². The number of anilines is 2. The molecule has 24 heavy (non-hydrogen) atoms. The Morgan fingerprint density at radius 2 is 2.08 bits per heavy atom. The molecule has 1 aromatic carbocycles. The molecule has 0 aliphatic carbocycles. The van der Waals surface area contributed by atoms with Crippen LogP contribution in [0.5, 0.6) is 0 Å². The summed E-state index contributed by atoms with van der Waals surface area (Å²) in [5, 5.41) is 10.6. The van der Waals surface area contributed by atoms with Crippen molar-refractivity contribution >= 4 is 22.5 Å². The summed E-state index contributed by atoms with van der Waals surface area (Å²) in [5.41, 5.74) is 4.81. The van der Waals surface area contributed by atoms with E-state index in [1.807, 2.05) is 13.0 Å². The van der Waals surface area contributed by atoms with Crippen LogP contribution in [-0.4, -0.2) is 51.4 Å². The number of benzene rings is 1. The largest absolute Gasteiger partial charge is 0.379 e. The van der Waals surface area contributed by atoms with Gasteiger partial charge >= 0.3 is 0 Å². The van der Waals surface area contributed by atoms with E-state index in [0.29, 0.717) is 5.82 Å². The van der Waals surface area contributed by atoms with Crippen molar-refractivity contribution in [3.05, 3.63) is 41.9 Å². The molecular formula is C17H20N6O. The first-order valence-corrected chi connectivity index (χ1v) is 8.11. The topological polar surface area (TPSA) is 79.0 Å². The fourth-order valence-electron chi connectivity index (χ4n) is 2.94. The van der Waals surface area contributed by atoms with Crippen molar-refractivity contribution in [1.29, 1.82) is 0 Å². The third kappa shape index (κ3) is 3.08. The molecule has 1 aliphatic rings. The van der Waals surface area contributed by atoms with Crippen molar-refractivity contribution < 1.29 is 4.74 Å². The van der Waals surface area contributed by atoms with Crippen LogP contribution >= 0.6 is 0 Å². The summed E-state index contributed by atoms with van der Waals surface area (Å²) in [6, 6.07) is 8.40. The molecule has 0 spiro atoms. The van der Waals surface area contributed by atoms with Gasteiger partial charge in [-0.2, -0.15) is 5.10 Å². The Hall–Kier alpha value is -2.51. The van der Waals surface area contributed by atoms with E-state index in [-0.39, 0.29) is 0 Å². The predicted octanol–water partition coefficient (Wildman–Crippen LogP) is 2.24. The highest BCUT2D eigenvalue weighted by molar-refractivity contribution is 5.88. The van der Waals surface area contributed by atoms with Gasteiger partial charge in [-0.3, -0.25) is 10.00 Å². The van der Waals surface area contributed by atoms with E-state index < -0.39 is 0 Å². The second-order valence-corrected chi connectivity index (χ2v) is 5.98. The van der Waals surface area contributed by atoms with Crippen LogP contribution in [0.4, 0.5) is 11.5 Å². The van der Waals surface area contributed by atoms with E-state index in [4.69, 9.17) is 4.74 Å². The van der Waals surface area contributed by atoms with Crippen LogP contribution in [0.25, 0.3) is 11.0 Å². The summed E-state index contributed by atoms with van der Waals surface area (Å²) in [4.78, 5) is 11.0. The van der Waals surface area contributed by atoms with Crippen LogP contribution in [0.1, 0.15) is 11.3 Å². The van der Waals surface area contributed by atoms with E-state index in [2.05, 4.69) is 48.6 Å². The number of H-pyrrole nitrogens is 1. The quantitative estimate of drug-likeness (QED) is 0.766. The number of rotatable bonds is 4. The molecule has 7 nitrogen and oxygen atoms in total. The van der Waals surface area contributed by atoms with Gasteiger partial charge in [-0.15, -0.1) is 0 Å². The molecule has 0 saturated carbocycles. The van der Waals surface area contributed by atoms with Gasteiger partial charge in [-0.25, -0.2) is 9.97 Å². The molecule has 7 heteroatoms. The van der Waals surface area contributed by atoms with Gasteiger partial charge in [0.25, 0.3) is 0 Å². The van der Waals surface area contributed by atoms with E-state index in [1.54, 1.807) is 6.33 Å². The van der Waals surface area contributed by atoms with E-state index >= 15 is 0 Å². The van der Waals surface area contributed by atoms with Gasteiger partial charge in [-0.05, 0) is 24.6 Å². The zero-order chi connectivity index (χ0) is 16.4. The van der Waals surface area contributed by atoms with E-state index in [0.717, 1.165) is 55.3 Å². The van der Waals surface area contributed by atoms with Gasteiger partial charge in [0.05, 0.1) is 18.9 Å². The number of hydrogen-bond acceptors (Lipinski definition) is 6. The monoisotopic (exact) mass is 324 g/mol. The lowest BCUT2D eigenvalue weighted by Crippen LogP contribution is -2.35. The Kier molecular flexibility index (Phi) is 4.10. The van der Waals surface area contributed by atoms with Gasteiger partial charge < -0.3 is 10.1 Å². The molecule has 4 rings (SSSR count). The fourth-order valence-corrected chi connectivity index (χ4v) is 2.94. The Morgan fingerprint density at radius 3 is 2.96 bits per heavy atom. The van der Waals surface area contributed by atoms with Crippen molar-refractivity contribution in [2.75, 3.05) is 31.6 Å². The molecule has 124 valence electrons. The summed E-state index contributed by atoms with van der Waals surface area (Å²) in [6.07, 6.45) is 1.56. The van der Waals surface area contributed by atoms with Gasteiger partial charge in [0, 0.05) is 25.3 Å². The summed E-state index contributed by atoms with van der Waals surface area (Å²) >= 11 is 0. The average molecular weight is 324 g/mol. The normalized spacial score (nSPS) is 15.7. The number of aryl methyl sites for hydroxylation is 1. The minimum absolute atomic E-state index is 0.716. The third-order valence-corrected chi connectivity index (χ3v) is 4.21. The summed E-state index contributed by atoms with van der Waals surface area (Å²) in [5.74, 6) is 0.716. The van der Waals surface area contributed by atoms with E-state index in [9.17, 15) is 0 Å². The highest BCUT2D eigenvalue weighted by Crippen LogP contribution is 2.23. The standard InChI is InChI=1S/C17H20N6O/c1-12-15-16(22-21-12)17(19-11-18-15)20-14-4-2-3-13(9-14)10-23-5-7-24-8-6-23/h2-4,9,11H,5-8,10H2,1H3,(H,21,22)(H,18,19,20). The summed E-state index contributed by atoms with van der Waals surface area (Å²) < 4.78 is 5.40. The number of morpholine rings is 1. The first kappa shape index (κ1) is 15.0. The molecule has 0 unspecified atom stereocenters. The maximum absolute atomic E-state index is 5.40. The zero-order valence-electron chi connectivity index (χ0n) is 13.6. The lowest BCUT2D eigenvalue weighted by Gasteiger charge is -2.26. The van der Waals surface area contributed by atoms with E-state index in [1.165, 1.54) is 5.56 Å². The van der Waals surface area contributed by atoms with Gasteiger partial charge in [0.1, 0.15) is 11.8 Å². The van der Waals surface area contributed by atoms with Crippen LogP contribution in [0.2, 0.25) is 0 Å². The molecule has 1 saturated heterocycles. The molecule has 3 aromatic rings. The molecule has 0 bridgehead atoms. The smallest absolute Gasteiger partial charge is 0.162 e. The van der Waals surface area contributed by atoms with Gasteiger partial charge in [0.15, 0.2) is 11.3 Å². The zero-order valence-corrected chi connectivity index (χ0v) is 13.6. The Balaban J connectivity index is 1.54. The van der Waals surface area contributed by atoms with Crippen molar-refractivity contribution in [3.63, 3.8) is 0 Å². The lowest BCUT2D eigenvalue weighted by molar-refractivity contribution is 0.0342. The third-order valence-electron chi connectivity index (χ3n) is 4.21. The summed E-state index contributed by atoms with van der Waals surface area (Å²) in [6.45, 7) is 6.48. The number of nitrogens with zero attached hydrogens (tertiary/aromatic N) is 4. The van der Waals surface area contributed by atoms with Crippen LogP contribution in [-0.2, 0) is 11.3 Å². The number of ether oxygens (including phenoxy) is 1. The Bertz CT molecular complexity index is 840. The Morgan fingerprint density at radius 1 is 1.21 bits per heavy atom. The maximum atomic E-state index is 5.40. The predicted molar refractivity (Wildman–Crippen MR) is 92.2 cm³/mol. The number of hydrogen-bond donors (Lipinski definition) is 2. The van der Waals surface area contributed by atoms with Gasteiger partial charge in [0.2, 0.25) is 0 Å². The molecule has 3 heterocycles. The first-order valence-electron chi connectivity index (χ1n) is 8.11. The average Bonchev–Trinajstić information content (AvgIpc) is 2.99. The maximum Gasteiger partial charge on any atom is 0.162 e. The van der Waals surface area contributed by atoms with Crippen molar-refractivity contribution in [3.8, 4) is 0 Å². The fraction of sp³-hybridized carbons (Fsp3) is 0.353. The number of nitrogens with one attached hydrogen (secondary N) is 2. The minimum atomic E-state index is 0.716. The number of aromatic amines is 1. The van der Waals surface area contributed by atoms with Crippen molar-refractivity contribution in [2.24, 2.45) is 0 Å². The van der Waals surface area contributed by atoms with Crippen molar-refractivity contribution in [1.82, 2.24) is 25.1 Å². The molecule has 2 N–H and O–H groups in total. The Labute approximate surface area is 140 Å². The SMILES string of the molecule is Cc1[nH]nc2c(Nc3cccc(CN4CCOCC4)c3)ncnc12. The number of aromatic nitrogens is 4. The molecule has 0 atom stereocenters. The minimum Gasteiger partial charge on any atom is -0.379 e. The highest BCUT2D eigenvalue weighted by atomic mass is 16.5. The second kappa shape index (κ2) is 6.54. The van der Waals surface area contributed by atoms with Crippen LogP contribution in [0.15, 0.2) is 30.6 Å². The summed E-state index contributed by atoms with van der Waals surface area (Å²) in [7, 11) is 0. The molecule has 2 aromatic heterocycles. The van der Waals surface area contributed by atoms with Crippen LogP contribution < -0.4 is 5.32 Å². The number of fused-ring (bicyclic) bond motifs is 1.